The number of nitrogens with zero attached hydrogens (tertiary/aromatic N) is 5. The smallest absolute Gasteiger partial charge is 0.310 e. The average Bonchev–Trinajstić information content (AvgIpc) is 0.767. The van der Waals surface area contributed by atoms with E-state index in [4.69, 9.17) is 9.72 Å². The van der Waals surface area contributed by atoms with Crippen molar-refractivity contribution in [3.8, 4) is 67.4 Å². The van der Waals surface area contributed by atoms with Gasteiger partial charge in [-0.15, -0.1) is 0 Å². The van der Waals surface area contributed by atoms with Gasteiger partial charge in [0.1, 0.15) is 0 Å². The minimum absolute atomic E-state index is 0.153. The average molecular weight is 1340 g/mol. The first-order valence-corrected chi connectivity index (χ1v) is 31.6. The molecule has 1 spiro atoms. The molecule has 434 valence electrons. The van der Waals surface area contributed by atoms with Gasteiger partial charge in [-0.3, -0.25) is 0 Å². The van der Waals surface area contributed by atoms with Crippen LogP contribution in [0.4, 0.5) is 34.3 Å². The second-order valence-electron chi connectivity index (χ2n) is 24.0. The normalized spacial score (nSPS) is 12.9. The van der Waals surface area contributed by atoms with E-state index in [0.29, 0.717) is 11.5 Å². The molecular formula is C83H59N5OPt-2. The molecule has 0 amide bonds. The van der Waals surface area contributed by atoms with Gasteiger partial charge in [0, 0.05) is 11.9 Å². The Labute approximate surface area is 535 Å². The number of anilines is 6. The number of pyridine rings is 1. The molecule has 0 saturated heterocycles. The summed E-state index contributed by atoms with van der Waals surface area (Å²) in [6, 6.07) is 115. The molecule has 6 nitrogen and oxygen atoms in total. The fourth-order valence-corrected chi connectivity index (χ4v) is 14.8. The standard InChI is InChI=1S/C83H59N5O.Pt/c1-82(2,3)63-49-50-84-80(53-63)88-74-40-20-19-39-70(74)83(71-46-43-61(57-25-9-4-10-26-57)51-77(71)87(64-33-17-8-18-34-64)78-52-62(44-47-72(78)83)58-27-11-5-12-28-58)73-48-45-67(55-79(73)88)89-66-36-23-35-65(54-66)85-56-86(76-42-22-21-41-75(76)85)81-68(59-29-13-6-14-30-59)37-24-38-69(81)60-31-15-7-16-32-60;/h4-53H,1-3H3;/q-2;. The second-order valence-corrected chi connectivity index (χ2v) is 25.1. The molecule has 0 atom stereocenters. The number of fused-ring (bicyclic) bond motifs is 9. The number of rotatable bonds is 10. The molecule has 0 N–H and O–H groups in total. The SMILES string of the molecule is CC(C)(C)c1ccnc(N2c3[c-]c(Oc4[c-]c(-n5[c](=[Pt])n(-c6c(-c7ccccc7)cccc6-c6ccccc6)c6ccccc65)ccc4)ccc3C3(c4ccccc42)c2ccc(-c4ccccc4)cc2N(c2ccccc2)c2cc(-c4ccccc4)ccc23)c1. The van der Waals surface area contributed by atoms with E-state index in [-0.39, 0.29) is 5.41 Å². The molecule has 14 aromatic rings. The van der Waals surface area contributed by atoms with Crippen molar-refractivity contribution in [2.75, 3.05) is 9.80 Å². The van der Waals surface area contributed by atoms with E-state index in [2.05, 4.69) is 362 Å². The first-order chi connectivity index (χ1) is 44.2. The number of hydrogen-bond donors (Lipinski definition) is 0. The van der Waals surface area contributed by atoms with E-state index < -0.39 is 5.41 Å². The van der Waals surface area contributed by atoms with Gasteiger partial charge in [0.2, 0.25) is 0 Å². The fraction of sp³-hybridized carbons (Fsp3) is 0.0602. The van der Waals surface area contributed by atoms with Crippen LogP contribution in [0, 0.1) is 15.9 Å². The van der Waals surface area contributed by atoms with Crippen LogP contribution in [0.3, 0.4) is 0 Å². The molecule has 0 bridgehead atoms. The molecule has 90 heavy (non-hydrogen) atoms. The fourth-order valence-electron chi connectivity index (χ4n) is 13.7. The number of benzene rings is 12. The van der Waals surface area contributed by atoms with E-state index in [1.807, 2.05) is 12.3 Å². The zero-order valence-electron chi connectivity index (χ0n) is 49.8. The van der Waals surface area contributed by atoms with Gasteiger partial charge in [0.15, 0.2) is 0 Å². The number of imidazole rings is 1. The van der Waals surface area contributed by atoms with Crippen molar-refractivity contribution in [1.29, 1.82) is 0 Å². The Balaban J connectivity index is 0.908. The summed E-state index contributed by atoms with van der Waals surface area (Å²) in [5.41, 5.74) is 22.8. The van der Waals surface area contributed by atoms with Gasteiger partial charge in [-0.05, 0) is 63.6 Å². The molecule has 16 rings (SSSR count). The number of para-hydroxylation sites is 5. The monoisotopic (exact) mass is 1340 g/mol. The molecule has 7 heteroatoms. The van der Waals surface area contributed by atoms with Gasteiger partial charge in [-0.25, -0.2) is 0 Å². The molecule has 0 radical (unpaired) electrons. The summed E-state index contributed by atoms with van der Waals surface area (Å²) in [5.74, 6) is 1.89. The van der Waals surface area contributed by atoms with E-state index in [1.54, 1.807) is 0 Å². The van der Waals surface area contributed by atoms with Crippen molar-refractivity contribution in [3.63, 3.8) is 0 Å². The van der Waals surface area contributed by atoms with Crippen molar-refractivity contribution in [2.45, 2.75) is 31.6 Å². The molecular weight excluding hydrogens is 1280 g/mol. The van der Waals surface area contributed by atoms with E-state index in [9.17, 15) is 0 Å². The van der Waals surface area contributed by atoms with Crippen LogP contribution >= 0.6 is 0 Å². The molecule has 2 aliphatic rings. The van der Waals surface area contributed by atoms with Crippen LogP contribution in [0.1, 0.15) is 48.6 Å². The van der Waals surface area contributed by atoms with Crippen molar-refractivity contribution < 1.29 is 24.1 Å². The minimum Gasteiger partial charge on any atom is -0.310 e. The zero-order chi connectivity index (χ0) is 60.5. The van der Waals surface area contributed by atoms with E-state index in [0.717, 1.165) is 127 Å². The summed E-state index contributed by atoms with van der Waals surface area (Å²) in [7, 11) is 0. The van der Waals surface area contributed by atoms with Crippen LogP contribution in [-0.4, -0.2) is 14.1 Å². The summed E-state index contributed by atoms with van der Waals surface area (Å²) in [5, 5.41) is 0. The summed E-state index contributed by atoms with van der Waals surface area (Å²) < 4.78 is 12.9. The summed E-state index contributed by atoms with van der Waals surface area (Å²) in [4.78, 5) is 10.0. The van der Waals surface area contributed by atoms with Crippen LogP contribution in [0.15, 0.2) is 303 Å². The molecule has 0 fully saturated rings. The van der Waals surface area contributed by atoms with Crippen LogP contribution in [0.5, 0.6) is 11.5 Å². The van der Waals surface area contributed by atoms with Crippen molar-refractivity contribution in [2.24, 2.45) is 0 Å². The third kappa shape index (κ3) is 9.12. The third-order valence-corrected chi connectivity index (χ3v) is 18.8. The van der Waals surface area contributed by atoms with Crippen LogP contribution in [0.25, 0.3) is 66.9 Å². The zero-order valence-corrected chi connectivity index (χ0v) is 52.1. The van der Waals surface area contributed by atoms with Crippen LogP contribution < -0.4 is 14.5 Å². The Bertz CT molecular complexity index is 4960. The summed E-state index contributed by atoms with van der Waals surface area (Å²) in [6.45, 7) is 6.77. The Kier molecular flexibility index (Phi) is 13.5. The Morgan fingerprint density at radius 1 is 0.400 bits per heavy atom. The van der Waals surface area contributed by atoms with Crippen LogP contribution in [-0.2, 0) is 30.2 Å². The summed E-state index contributed by atoms with van der Waals surface area (Å²) >= 11 is 2.50. The van der Waals surface area contributed by atoms with Crippen molar-refractivity contribution >= 4 is 45.3 Å². The molecule has 2 aliphatic heterocycles. The number of hydrogen-bond acceptors (Lipinski definition) is 4. The quantitative estimate of drug-likeness (QED) is 0.128. The topological polar surface area (TPSA) is 38.5 Å². The molecule has 0 saturated carbocycles. The maximum atomic E-state index is 7.18. The number of ether oxygens (including phenoxy) is 1. The molecule has 12 aromatic carbocycles. The van der Waals surface area contributed by atoms with Gasteiger partial charge < -0.3 is 4.90 Å². The van der Waals surface area contributed by atoms with E-state index in [1.165, 1.54) is 5.56 Å². The molecule has 0 unspecified atom stereocenters. The van der Waals surface area contributed by atoms with Crippen molar-refractivity contribution in [1.82, 2.24) is 14.1 Å². The van der Waals surface area contributed by atoms with Gasteiger partial charge in [-0.2, -0.15) is 0 Å². The van der Waals surface area contributed by atoms with Crippen LogP contribution in [0.2, 0.25) is 0 Å². The predicted octanol–water partition coefficient (Wildman–Crippen LogP) is 21.2. The predicted molar refractivity (Wildman–Crippen MR) is 363 cm³/mol. The second kappa shape index (κ2) is 22.2. The Morgan fingerprint density at radius 2 is 0.900 bits per heavy atom. The summed E-state index contributed by atoms with van der Waals surface area (Å²) in [6.07, 6.45) is 1.95. The first kappa shape index (κ1) is 54.7. The van der Waals surface area contributed by atoms with Gasteiger partial charge in [-0.1, -0.05) is 142 Å². The third-order valence-electron chi connectivity index (χ3n) is 17.8. The van der Waals surface area contributed by atoms with Gasteiger partial charge >= 0.3 is 306 Å². The Morgan fingerprint density at radius 3 is 1.50 bits per heavy atom. The Hall–Kier alpha value is -10.7. The molecule has 0 aliphatic carbocycles. The molecule has 2 aromatic heterocycles. The van der Waals surface area contributed by atoms with E-state index >= 15 is 0 Å². The first-order valence-electron chi connectivity index (χ1n) is 30.5. The van der Waals surface area contributed by atoms with Gasteiger partial charge in [0.05, 0.1) is 11.4 Å². The maximum absolute atomic E-state index is 7.18. The van der Waals surface area contributed by atoms with Gasteiger partial charge in [0.25, 0.3) is 0 Å². The molecule has 4 heterocycles. The van der Waals surface area contributed by atoms with Crippen molar-refractivity contribution in [3.05, 3.63) is 347 Å². The minimum atomic E-state index is -0.882. The number of aromatic nitrogens is 3.